The fourth-order valence-corrected chi connectivity index (χ4v) is 2.37. The predicted molar refractivity (Wildman–Crippen MR) is 76.8 cm³/mol. The Kier molecular flexibility index (Phi) is 5.05. The van der Waals surface area contributed by atoms with Crippen molar-refractivity contribution in [1.29, 1.82) is 0 Å². The van der Waals surface area contributed by atoms with Gasteiger partial charge >= 0.3 is 0 Å². The Hall–Kier alpha value is -1.26. The highest BCUT2D eigenvalue weighted by Crippen LogP contribution is 2.29. The average molecular weight is 283 g/mol. The van der Waals surface area contributed by atoms with Gasteiger partial charge in [0.05, 0.1) is 12.3 Å². The number of ether oxygens (including phenoxy) is 1. The van der Waals surface area contributed by atoms with Crippen LogP contribution in [0.15, 0.2) is 18.2 Å². The summed E-state index contributed by atoms with van der Waals surface area (Å²) in [6.07, 6.45) is 1.74. The van der Waals surface area contributed by atoms with Crippen molar-refractivity contribution in [3.63, 3.8) is 0 Å². The van der Waals surface area contributed by atoms with E-state index in [1.54, 1.807) is 18.2 Å². The molecule has 1 aliphatic heterocycles. The molecule has 1 saturated heterocycles. The monoisotopic (exact) mass is 282 g/mol. The van der Waals surface area contributed by atoms with Crippen molar-refractivity contribution in [1.82, 2.24) is 5.32 Å². The number of anilines is 1. The Balaban J connectivity index is 2.08. The summed E-state index contributed by atoms with van der Waals surface area (Å²) in [5, 5.41) is 6.77. The Morgan fingerprint density at radius 1 is 1.47 bits per heavy atom. The van der Waals surface area contributed by atoms with Crippen molar-refractivity contribution < 1.29 is 9.53 Å². The smallest absolute Gasteiger partial charge is 0.227 e. The van der Waals surface area contributed by atoms with Gasteiger partial charge in [-0.05, 0) is 51.1 Å². The number of rotatable bonds is 4. The van der Waals surface area contributed by atoms with E-state index in [-0.39, 0.29) is 11.8 Å². The van der Waals surface area contributed by atoms with E-state index in [0.717, 1.165) is 25.9 Å². The highest BCUT2D eigenvalue weighted by atomic mass is 35.5. The number of hydrogen-bond donors (Lipinski definition) is 2. The van der Waals surface area contributed by atoms with Crippen molar-refractivity contribution in [2.24, 2.45) is 5.92 Å². The van der Waals surface area contributed by atoms with Gasteiger partial charge in [-0.2, -0.15) is 0 Å². The van der Waals surface area contributed by atoms with Gasteiger partial charge < -0.3 is 15.4 Å². The number of benzene rings is 1. The Morgan fingerprint density at radius 3 is 2.89 bits per heavy atom. The maximum Gasteiger partial charge on any atom is 0.227 e. The molecule has 1 aromatic rings. The lowest BCUT2D eigenvalue weighted by Crippen LogP contribution is -2.34. The summed E-state index contributed by atoms with van der Waals surface area (Å²) in [4.78, 5) is 12.2. The van der Waals surface area contributed by atoms with Gasteiger partial charge in [-0.1, -0.05) is 11.6 Å². The molecule has 104 valence electrons. The van der Waals surface area contributed by atoms with Crippen molar-refractivity contribution in [2.75, 3.05) is 25.0 Å². The third kappa shape index (κ3) is 3.85. The molecule has 19 heavy (non-hydrogen) atoms. The van der Waals surface area contributed by atoms with E-state index in [4.69, 9.17) is 16.3 Å². The number of nitrogens with one attached hydrogen (secondary N) is 2. The van der Waals surface area contributed by atoms with Gasteiger partial charge in [0.25, 0.3) is 0 Å². The second-order valence-corrected chi connectivity index (χ2v) is 5.02. The molecule has 0 bridgehead atoms. The Bertz CT molecular complexity index is 445. The number of amides is 1. The number of halogens is 1. The van der Waals surface area contributed by atoms with E-state index in [0.29, 0.717) is 23.1 Å². The molecule has 5 heteroatoms. The lowest BCUT2D eigenvalue weighted by atomic mass is 9.97. The van der Waals surface area contributed by atoms with Crippen LogP contribution in [0.2, 0.25) is 5.02 Å². The number of piperidine rings is 1. The third-order valence-electron chi connectivity index (χ3n) is 3.21. The largest absolute Gasteiger partial charge is 0.492 e. The maximum absolute atomic E-state index is 12.2. The Morgan fingerprint density at radius 2 is 2.21 bits per heavy atom. The summed E-state index contributed by atoms with van der Waals surface area (Å²) in [6.45, 7) is 4.25. The third-order valence-corrected chi connectivity index (χ3v) is 3.44. The van der Waals surface area contributed by atoms with Gasteiger partial charge in [0.15, 0.2) is 0 Å². The summed E-state index contributed by atoms with van der Waals surface area (Å²) < 4.78 is 5.49. The van der Waals surface area contributed by atoms with Gasteiger partial charge in [-0.15, -0.1) is 0 Å². The summed E-state index contributed by atoms with van der Waals surface area (Å²) in [5.41, 5.74) is 0.651. The molecule has 4 nitrogen and oxygen atoms in total. The number of carbonyl (C=O) groups is 1. The van der Waals surface area contributed by atoms with Crippen LogP contribution < -0.4 is 15.4 Å². The molecule has 1 heterocycles. The molecule has 0 unspecified atom stereocenters. The molecule has 1 amide bonds. The molecule has 1 aromatic carbocycles. The van der Waals surface area contributed by atoms with E-state index in [2.05, 4.69) is 10.6 Å². The lowest BCUT2D eigenvalue weighted by Gasteiger charge is -2.22. The fraction of sp³-hybridized carbons (Fsp3) is 0.500. The minimum atomic E-state index is 0.0460. The topological polar surface area (TPSA) is 50.4 Å². The van der Waals surface area contributed by atoms with Crippen LogP contribution in [-0.2, 0) is 4.79 Å². The summed E-state index contributed by atoms with van der Waals surface area (Å²) >= 11 is 5.97. The average Bonchev–Trinajstić information content (AvgIpc) is 2.43. The van der Waals surface area contributed by atoms with Crippen LogP contribution in [-0.4, -0.2) is 25.6 Å². The van der Waals surface area contributed by atoms with E-state index < -0.39 is 0 Å². The summed E-state index contributed by atoms with van der Waals surface area (Å²) in [7, 11) is 0. The van der Waals surface area contributed by atoms with Gasteiger partial charge in [-0.25, -0.2) is 0 Å². The summed E-state index contributed by atoms with van der Waals surface area (Å²) in [6, 6.07) is 5.27. The zero-order valence-electron chi connectivity index (χ0n) is 11.0. The molecule has 1 fully saturated rings. The van der Waals surface area contributed by atoms with Crippen LogP contribution in [0.3, 0.4) is 0 Å². The van der Waals surface area contributed by atoms with E-state index >= 15 is 0 Å². The first-order valence-corrected chi connectivity index (χ1v) is 7.02. The first-order valence-electron chi connectivity index (χ1n) is 6.64. The van der Waals surface area contributed by atoms with Crippen LogP contribution in [0.1, 0.15) is 19.8 Å². The molecule has 2 N–H and O–H groups in total. The predicted octanol–water partition coefficient (Wildman–Crippen LogP) is 2.68. The standard InChI is InChI=1S/C14H19ClN2O2/c1-2-19-13-4-3-11(15)9-12(13)17-14(18)10-5-7-16-8-6-10/h3-4,9-10,16H,2,5-8H2,1H3,(H,17,18). The minimum absolute atomic E-state index is 0.0460. The second kappa shape index (κ2) is 6.78. The van der Waals surface area contributed by atoms with Crippen molar-refractivity contribution in [2.45, 2.75) is 19.8 Å². The first kappa shape index (κ1) is 14.2. The van der Waals surface area contributed by atoms with E-state index in [1.165, 1.54) is 0 Å². The van der Waals surface area contributed by atoms with E-state index in [1.807, 2.05) is 6.92 Å². The van der Waals surface area contributed by atoms with Crippen molar-refractivity contribution in [3.05, 3.63) is 23.2 Å². The first-order chi connectivity index (χ1) is 9.20. The molecular weight excluding hydrogens is 264 g/mol. The van der Waals surface area contributed by atoms with Crippen LogP contribution in [0, 0.1) is 5.92 Å². The highest BCUT2D eigenvalue weighted by Gasteiger charge is 2.21. The van der Waals surface area contributed by atoms with Crippen LogP contribution in [0.4, 0.5) is 5.69 Å². The van der Waals surface area contributed by atoms with Crippen LogP contribution >= 0.6 is 11.6 Å². The number of hydrogen-bond acceptors (Lipinski definition) is 3. The molecule has 0 aliphatic carbocycles. The molecular formula is C14H19ClN2O2. The molecule has 0 radical (unpaired) electrons. The van der Waals surface area contributed by atoms with Crippen molar-refractivity contribution in [3.8, 4) is 5.75 Å². The fourth-order valence-electron chi connectivity index (χ4n) is 2.20. The second-order valence-electron chi connectivity index (χ2n) is 4.59. The quantitative estimate of drug-likeness (QED) is 0.893. The zero-order chi connectivity index (χ0) is 13.7. The van der Waals surface area contributed by atoms with Gasteiger partial charge in [0.2, 0.25) is 5.91 Å². The summed E-state index contributed by atoms with van der Waals surface area (Å²) in [5.74, 6) is 0.772. The molecule has 2 rings (SSSR count). The Labute approximate surface area is 118 Å². The van der Waals surface area contributed by atoms with Gasteiger partial charge in [-0.3, -0.25) is 4.79 Å². The van der Waals surface area contributed by atoms with Gasteiger partial charge in [0.1, 0.15) is 5.75 Å². The minimum Gasteiger partial charge on any atom is -0.492 e. The maximum atomic E-state index is 12.2. The zero-order valence-corrected chi connectivity index (χ0v) is 11.8. The van der Waals surface area contributed by atoms with Crippen LogP contribution in [0.5, 0.6) is 5.75 Å². The van der Waals surface area contributed by atoms with Gasteiger partial charge in [0, 0.05) is 10.9 Å². The molecule has 1 aliphatic rings. The molecule has 0 spiro atoms. The highest BCUT2D eigenvalue weighted by molar-refractivity contribution is 6.31. The normalized spacial score (nSPS) is 16.1. The van der Waals surface area contributed by atoms with Crippen LogP contribution in [0.25, 0.3) is 0 Å². The van der Waals surface area contributed by atoms with Crippen molar-refractivity contribution >= 4 is 23.2 Å². The molecule has 0 saturated carbocycles. The lowest BCUT2D eigenvalue weighted by molar-refractivity contribution is -0.120. The molecule has 0 atom stereocenters. The molecule has 0 aromatic heterocycles. The van der Waals surface area contributed by atoms with E-state index in [9.17, 15) is 4.79 Å². The number of carbonyl (C=O) groups excluding carboxylic acids is 1. The SMILES string of the molecule is CCOc1ccc(Cl)cc1NC(=O)C1CCNCC1.